The van der Waals surface area contributed by atoms with Crippen molar-refractivity contribution in [3.8, 4) is 11.1 Å². The van der Waals surface area contributed by atoms with Crippen LogP contribution in [0.5, 0.6) is 0 Å². The zero-order valence-electron chi connectivity index (χ0n) is 30.6. The van der Waals surface area contributed by atoms with Gasteiger partial charge < -0.3 is 10.6 Å². The first kappa shape index (κ1) is 38.2. The number of hydrogen-bond acceptors (Lipinski definition) is 9. The zero-order valence-corrected chi connectivity index (χ0v) is 32.3. The largest absolute Gasteiger partial charge is 0.435 e. The number of alkyl halides is 5. The van der Waals surface area contributed by atoms with E-state index in [9.17, 15) is 35.2 Å². The summed E-state index contributed by atoms with van der Waals surface area (Å²) >= 11 is 1.30. The first-order valence-electron chi connectivity index (χ1n) is 18.1. The average Bonchev–Trinajstić information content (AvgIpc) is 3.88. The molecule has 2 saturated carbocycles. The highest BCUT2D eigenvalue weighted by Crippen LogP contribution is 2.68. The Bertz CT molecular complexity index is 2780. The molecule has 4 heterocycles. The van der Waals surface area contributed by atoms with E-state index in [1.165, 1.54) is 16.0 Å². The molecule has 0 radical (unpaired) electrons. The number of anilines is 2. The standard InChI is InChI=1S/C37H32F7N9O3S2/c1-15-7-24(15)46-35-48-34-26(57-35)13-21(19-5-4-6-20-30(19)52(2)50-33(20)51-58(3,55)56)29(47-34)25(10-16-8-17(38)11-18(39)9-16)45-27(54)14-53-32-28(31(49-53)37(42,43)44)22-12-23(22)36(32,40)41/h4-6,8-9,11,13,15,22-25H,7,10,12,14H2,1-3H3,(H,45,54)(H,50,51)(H,46,47,48)/t15?,22-,23?,24?,25-/m0/s1. The third-order valence-corrected chi connectivity index (χ3v) is 12.3. The number of hydrogen-bond donors (Lipinski definition) is 3. The number of nitrogens with one attached hydrogen (secondary N) is 3. The highest BCUT2D eigenvalue weighted by Gasteiger charge is 2.68. The fourth-order valence-electron chi connectivity index (χ4n) is 8.06. The number of fused-ring (bicyclic) bond motifs is 5. The molecule has 3 aliphatic carbocycles. The van der Waals surface area contributed by atoms with Crippen LogP contribution in [0.1, 0.15) is 59.9 Å². The Balaban J connectivity index is 1.19. The van der Waals surface area contributed by atoms with Gasteiger partial charge >= 0.3 is 6.18 Å². The van der Waals surface area contributed by atoms with Gasteiger partial charge in [0.15, 0.2) is 22.3 Å². The topological polar surface area (TPSA) is 149 Å². The Morgan fingerprint density at radius 2 is 1.78 bits per heavy atom. The molecule has 3 N–H and O–H groups in total. The smallest absolute Gasteiger partial charge is 0.358 e. The van der Waals surface area contributed by atoms with Crippen molar-refractivity contribution >= 4 is 59.5 Å². The van der Waals surface area contributed by atoms with Crippen LogP contribution in [0.15, 0.2) is 42.5 Å². The molecule has 0 spiro atoms. The van der Waals surface area contributed by atoms with Crippen LogP contribution in [0.25, 0.3) is 32.4 Å². The van der Waals surface area contributed by atoms with Crippen LogP contribution < -0.4 is 15.4 Å². The van der Waals surface area contributed by atoms with Crippen molar-refractivity contribution in [1.29, 1.82) is 0 Å². The van der Waals surface area contributed by atoms with Gasteiger partial charge in [-0.25, -0.2) is 27.2 Å². The van der Waals surface area contributed by atoms with Crippen molar-refractivity contribution in [2.75, 3.05) is 16.3 Å². The van der Waals surface area contributed by atoms with Crippen LogP contribution in [0, 0.1) is 23.5 Å². The van der Waals surface area contributed by atoms with E-state index in [1.807, 2.05) is 0 Å². The molecule has 2 aromatic carbocycles. The van der Waals surface area contributed by atoms with Crippen LogP contribution in [0.2, 0.25) is 0 Å². The van der Waals surface area contributed by atoms with Crippen LogP contribution in [0.3, 0.4) is 0 Å². The van der Waals surface area contributed by atoms with Crippen LogP contribution in [0.4, 0.5) is 41.7 Å². The minimum absolute atomic E-state index is 0.0276. The number of aromatic nitrogens is 6. The normalized spacial score (nSPS) is 21.2. The molecule has 0 aliphatic heterocycles. The molecule has 0 bridgehead atoms. The molecule has 3 aliphatic rings. The van der Waals surface area contributed by atoms with Gasteiger partial charge in [-0.3, -0.25) is 18.9 Å². The van der Waals surface area contributed by atoms with E-state index < -0.39 is 81.0 Å². The summed E-state index contributed by atoms with van der Waals surface area (Å²) in [5.74, 6) is -8.45. The lowest BCUT2D eigenvalue weighted by Gasteiger charge is -2.23. The number of aryl methyl sites for hydroxylation is 1. The summed E-state index contributed by atoms with van der Waals surface area (Å²) in [7, 11) is -2.18. The second-order valence-corrected chi connectivity index (χ2v) is 18.0. The van der Waals surface area contributed by atoms with E-state index in [2.05, 4.69) is 37.5 Å². The van der Waals surface area contributed by atoms with Gasteiger partial charge in [0.1, 0.15) is 23.9 Å². The summed E-state index contributed by atoms with van der Waals surface area (Å²) in [6.07, 6.45) is -3.61. The molecule has 9 rings (SSSR count). The van der Waals surface area contributed by atoms with E-state index in [4.69, 9.17) is 4.98 Å². The van der Waals surface area contributed by atoms with Crippen molar-refractivity contribution < 1.29 is 43.9 Å². The predicted octanol–water partition coefficient (Wildman–Crippen LogP) is 7.24. The van der Waals surface area contributed by atoms with Crippen molar-refractivity contribution in [1.82, 2.24) is 34.8 Å². The van der Waals surface area contributed by atoms with Gasteiger partial charge in [0.2, 0.25) is 15.9 Å². The van der Waals surface area contributed by atoms with E-state index in [0.29, 0.717) is 48.5 Å². The fraction of sp³-hybridized carbons (Fsp3) is 0.378. The Hall–Kier alpha value is -5.31. The van der Waals surface area contributed by atoms with E-state index in [-0.39, 0.29) is 41.6 Å². The minimum Gasteiger partial charge on any atom is -0.358 e. The minimum atomic E-state index is -5.06. The number of amides is 1. The molecule has 0 saturated heterocycles. The number of para-hydroxylation sites is 1. The predicted molar refractivity (Wildman–Crippen MR) is 200 cm³/mol. The molecule has 6 aromatic rings. The molecule has 12 nitrogen and oxygen atoms in total. The molecule has 5 atom stereocenters. The van der Waals surface area contributed by atoms with E-state index in [1.54, 1.807) is 31.3 Å². The summed E-state index contributed by atoms with van der Waals surface area (Å²) in [4.78, 5) is 23.5. The summed E-state index contributed by atoms with van der Waals surface area (Å²) in [5, 5.41) is 14.9. The summed E-state index contributed by atoms with van der Waals surface area (Å²) < 4.78 is 132. The van der Waals surface area contributed by atoms with Gasteiger partial charge in [-0.2, -0.15) is 32.1 Å². The molecule has 58 heavy (non-hydrogen) atoms. The summed E-state index contributed by atoms with van der Waals surface area (Å²) in [5.41, 5.74) is -1.42. The van der Waals surface area contributed by atoms with Crippen LogP contribution >= 0.6 is 11.3 Å². The number of benzene rings is 2. The van der Waals surface area contributed by atoms with Gasteiger partial charge in [-0.05, 0) is 60.9 Å². The van der Waals surface area contributed by atoms with Gasteiger partial charge in [-0.1, -0.05) is 30.4 Å². The lowest BCUT2D eigenvalue weighted by atomic mass is 9.94. The third kappa shape index (κ3) is 6.80. The second-order valence-electron chi connectivity index (χ2n) is 15.2. The number of carbonyl (C=O) groups excluding carboxylic acids is 1. The molecule has 21 heteroatoms. The van der Waals surface area contributed by atoms with Crippen molar-refractivity contribution in [2.45, 2.75) is 62.8 Å². The molecule has 4 aromatic heterocycles. The maximum Gasteiger partial charge on any atom is 0.435 e. The number of rotatable bonds is 11. The lowest BCUT2D eigenvalue weighted by molar-refractivity contribution is -0.142. The van der Waals surface area contributed by atoms with E-state index in [0.717, 1.165) is 24.8 Å². The first-order chi connectivity index (χ1) is 27.2. The molecular formula is C37H32F7N9O3S2. The monoisotopic (exact) mass is 847 g/mol. The molecular weight excluding hydrogens is 816 g/mol. The summed E-state index contributed by atoms with van der Waals surface area (Å²) in [6.45, 7) is 1.04. The fourth-order valence-corrected chi connectivity index (χ4v) is 9.47. The van der Waals surface area contributed by atoms with Gasteiger partial charge in [0.25, 0.3) is 5.92 Å². The number of sulfonamides is 1. The lowest BCUT2D eigenvalue weighted by Crippen LogP contribution is -2.35. The van der Waals surface area contributed by atoms with Crippen molar-refractivity contribution in [3.05, 3.63) is 82.3 Å². The van der Waals surface area contributed by atoms with Crippen LogP contribution in [-0.4, -0.2) is 56.2 Å². The Kier molecular flexibility index (Phi) is 8.63. The maximum atomic E-state index is 15.4. The quantitative estimate of drug-likeness (QED) is 0.116. The number of thiazole rings is 1. The number of pyridine rings is 1. The maximum absolute atomic E-state index is 15.4. The third-order valence-electron chi connectivity index (χ3n) is 10.8. The number of halogens is 7. The molecule has 1 amide bonds. The first-order valence-corrected chi connectivity index (χ1v) is 20.8. The van der Waals surface area contributed by atoms with E-state index >= 15 is 8.78 Å². The van der Waals surface area contributed by atoms with Gasteiger partial charge in [-0.15, -0.1) is 0 Å². The van der Waals surface area contributed by atoms with Gasteiger partial charge in [0, 0.05) is 47.2 Å². The SMILES string of the molecule is CC1CC1Nc1nc2nc([C@H](Cc3cc(F)cc(F)c3)NC(=O)Cn3nc(C(F)(F)F)c4c3C(F)(F)C3C[C@H]43)c(-c3cccc4c(NS(C)(=O)=O)nn(C)c34)cc2s1. The Labute approximate surface area is 328 Å². The average molecular weight is 848 g/mol. The highest BCUT2D eigenvalue weighted by atomic mass is 32.2. The van der Waals surface area contributed by atoms with Gasteiger partial charge in [0.05, 0.1) is 28.2 Å². The van der Waals surface area contributed by atoms with Crippen molar-refractivity contribution in [3.63, 3.8) is 0 Å². The van der Waals surface area contributed by atoms with Crippen molar-refractivity contribution in [2.24, 2.45) is 18.9 Å². The second kappa shape index (κ2) is 13.1. The number of nitrogens with zero attached hydrogens (tertiary/aromatic N) is 6. The molecule has 3 unspecified atom stereocenters. The molecule has 2 fully saturated rings. The Morgan fingerprint density at radius 1 is 1.05 bits per heavy atom. The van der Waals surface area contributed by atoms with Crippen LogP contribution in [-0.2, 0) is 46.9 Å². The summed E-state index contributed by atoms with van der Waals surface area (Å²) in [6, 6.07) is 8.36. The zero-order chi connectivity index (χ0) is 41.2. The number of carbonyl (C=O) groups is 1. The highest BCUT2D eigenvalue weighted by molar-refractivity contribution is 7.92. The molecule has 304 valence electrons. The Morgan fingerprint density at radius 3 is 2.45 bits per heavy atom.